The van der Waals surface area contributed by atoms with Gasteiger partial charge in [-0.3, -0.25) is 4.79 Å². The number of nitrogens with zero attached hydrogens (tertiary/aromatic N) is 1. The molecule has 1 amide bonds. The normalized spacial score (nSPS) is 19.1. The second kappa shape index (κ2) is 6.55. The lowest BCUT2D eigenvalue weighted by Gasteiger charge is -2.34. The molecule has 7 heteroatoms. The summed E-state index contributed by atoms with van der Waals surface area (Å²) in [5.74, 6) is -0.00985. The molecule has 1 fully saturated rings. The standard InChI is InChI=1S/C14H21N3O3S/c1-12(14(18)15-2)16-8-10-17(11-9-16)21(19,20)13-6-4-3-5-7-13/h3-7,12H,8-11H2,1-2H3,(H,15,18)/p+1/t12-/m1/s1. The zero-order valence-corrected chi connectivity index (χ0v) is 13.2. The maximum absolute atomic E-state index is 12.5. The van der Waals surface area contributed by atoms with Crippen LogP contribution in [0, 0.1) is 0 Å². The Morgan fingerprint density at radius 2 is 1.81 bits per heavy atom. The first-order valence-corrected chi connectivity index (χ1v) is 8.52. The van der Waals surface area contributed by atoms with E-state index in [1.165, 1.54) is 4.31 Å². The van der Waals surface area contributed by atoms with E-state index in [0.29, 0.717) is 31.1 Å². The van der Waals surface area contributed by atoms with E-state index in [1.54, 1.807) is 37.4 Å². The van der Waals surface area contributed by atoms with Crippen molar-refractivity contribution in [3.05, 3.63) is 30.3 Å². The van der Waals surface area contributed by atoms with E-state index in [2.05, 4.69) is 5.32 Å². The minimum Gasteiger partial charge on any atom is -0.354 e. The summed E-state index contributed by atoms with van der Waals surface area (Å²) < 4.78 is 26.5. The second-order valence-corrected chi connectivity index (χ2v) is 7.15. The van der Waals surface area contributed by atoms with Gasteiger partial charge in [-0.15, -0.1) is 0 Å². The van der Waals surface area contributed by atoms with Crippen LogP contribution in [0.15, 0.2) is 35.2 Å². The third-order valence-corrected chi connectivity index (χ3v) is 5.91. The lowest BCUT2D eigenvalue weighted by atomic mass is 10.2. The second-order valence-electron chi connectivity index (χ2n) is 5.21. The number of carbonyl (C=O) groups excluding carboxylic acids is 1. The summed E-state index contributed by atoms with van der Waals surface area (Å²) in [6, 6.07) is 8.32. The Kier molecular flexibility index (Phi) is 4.97. The van der Waals surface area contributed by atoms with Gasteiger partial charge >= 0.3 is 0 Å². The molecular formula is C14H22N3O3S+. The van der Waals surface area contributed by atoms with Gasteiger partial charge in [0.25, 0.3) is 5.91 Å². The van der Waals surface area contributed by atoms with Crippen LogP contribution >= 0.6 is 0 Å². The summed E-state index contributed by atoms with van der Waals surface area (Å²) >= 11 is 0. The molecule has 1 aromatic rings. The van der Waals surface area contributed by atoms with Gasteiger partial charge in [0.2, 0.25) is 10.0 Å². The van der Waals surface area contributed by atoms with Gasteiger partial charge < -0.3 is 10.2 Å². The molecule has 1 heterocycles. The van der Waals surface area contributed by atoms with Crippen LogP contribution in [0.25, 0.3) is 0 Å². The smallest absolute Gasteiger partial charge is 0.277 e. The lowest BCUT2D eigenvalue weighted by Crippen LogP contribution is -3.19. The van der Waals surface area contributed by atoms with Gasteiger partial charge in [0.05, 0.1) is 31.1 Å². The molecule has 0 unspecified atom stereocenters. The summed E-state index contributed by atoms with van der Waals surface area (Å²) in [5.41, 5.74) is 0. The molecule has 0 saturated carbocycles. The van der Waals surface area contributed by atoms with Crippen LogP contribution in [0.5, 0.6) is 0 Å². The Labute approximate surface area is 125 Å². The number of sulfonamides is 1. The summed E-state index contributed by atoms with van der Waals surface area (Å²) in [7, 11) is -1.80. The van der Waals surface area contributed by atoms with E-state index < -0.39 is 10.0 Å². The van der Waals surface area contributed by atoms with Crippen molar-refractivity contribution in [2.75, 3.05) is 33.2 Å². The van der Waals surface area contributed by atoms with Crippen molar-refractivity contribution in [1.82, 2.24) is 9.62 Å². The van der Waals surface area contributed by atoms with Gasteiger partial charge in [-0.1, -0.05) is 18.2 Å². The molecular weight excluding hydrogens is 290 g/mol. The molecule has 1 aromatic carbocycles. The highest BCUT2D eigenvalue weighted by Crippen LogP contribution is 2.14. The summed E-state index contributed by atoms with van der Waals surface area (Å²) in [4.78, 5) is 13.1. The van der Waals surface area contributed by atoms with E-state index in [4.69, 9.17) is 0 Å². The van der Waals surface area contributed by atoms with Crippen molar-refractivity contribution in [1.29, 1.82) is 0 Å². The predicted molar refractivity (Wildman–Crippen MR) is 79.4 cm³/mol. The average Bonchev–Trinajstić information content (AvgIpc) is 2.54. The highest BCUT2D eigenvalue weighted by molar-refractivity contribution is 7.89. The fourth-order valence-electron chi connectivity index (χ4n) is 2.59. The number of quaternary nitrogens is 1. The van der Waals surface area contributed by atoms with Crippen molar-refractivity contribution >= 4 is 15.9 Å². The first-order valence-electron chi connectivity index (χ1n) is 7.08. The Morgan fingerprint density at radius 3 is 2.33 bits per heavy atom. The van der Waals surface area contributed by atoms with Crippen molar-refractivity contribution in [3.8, 4) is 0 Å². The molecule has 1 aliphatic rings. The van der Waals surface area contributed by atoms with Crippen LogP contribution in [0.1, 0.15) is 6.92 Å². The van der Waals surface area contributed by atoms with Gasteiger partial charge in [0.15, 0.2) is 6.04 Å². The number of nitrogens with one attached hydrogen (secondary N) is 2. The maximum Gasteiger partial charge on any atom is 0.277 e. The Morgan fingerprint density at radius 1 is 1.24 bits per heavy atom. The van der Waals surface area contributed by atoms with E-state index >= 15 is 0 Å². The predicted octanol–water partition coefficient (Wildman–Crippen LogP) is -1.29. The Bertz CT molecular complexity index is 581. The monoisotopic (exact) mass is 312 g/mol. The van der Waals surface area contributed by atoms with Gasteiger partial charge in [0.1, 0.15) is 0 Å². The molecule has 0 aliphatic carbocycles. The van der Waals surface area contributed by atoms with Crippen LogP contribution in [0.2, 0.25) is 0 Å². The van der Waals surface area contributed by atoms with E-state index in [9.17, 15) is 13.2 Å². The fraction of sp³-hybridized carbons (Fsp3) is 0.500. The SMILES string of the molecule is CNC(=O)[C@@H](C)[NH+]1CCN(S(=O)(=O)c2ccccc2)CC1. The molecule has 0 bridgehead atoms. The highest BCUT2D eigenvalue weighted by Gasteiger charge is 2.33. The molecule has 2 N–H and O–H groups in total. The first kappa shape index (κ1) is 15.9. The van der Waals surface area contributed by atoms with Gasteiger partial charge in [-0.2, -0.15) is 4.31 Å². The highest BCUT2D eigenvalue weighted by atomic mass is 32.2. The summed E-state index contributed by atoms with van der Waals surface area (Å²) in [6.07, 6.45) is 0. The van der Waals surface area contributed by atoms with Crippen LogP contribution in [0.3, 0.4) is 0 Å². The average molecular weight is 312 g/mol. The minimum absolute atomic E-state index is 0.00985. The number of rotatable bonds is 4. The van der Waals surface area contributed by atoms with Crippen molar-refractivity contribution < 1.29 is 18.1 Å². The first-order chi connectivity index (χ1) is 9.96. The van der Waals surface area contributed by atoms with Gasteiger partial charge in [0, 0.05) is 7.05 Å². The molecule has 6 nitrogen and oxygen atoms in total. The van der Waals surface area contributed by atoms with Crippen LogP contribution in [0.4, 0.5) is 0 Å². The zero-order chi connectivity index (χ0) is 15.5. The van der Waals surface area contributed by atoms with E-state index in [-0.39, 0.29) is 11.9 Å². The number of piperazine rings is 1. The fourth-order valence-corrected chi connectivity index (χ4v) is 4.05. The molecule has 21 heavy (non-hydrogen) atoms. The van der Waals surface area contributed by atoms with Crippen LogP contribution in [-0.4, -0.2) is 57.9 Å². The molecule has 116 valence electrons. The Hall–Kier alpha value is -1.44. The molecule has 1 atom stereocenters. The van der Waals surface area contributed by atoms with Crippen molar-refractivity contribution in [2.24, 2.45) is 0 Å². The van der Waals surface area contributed by atoms with Gasteiger partial charge in [-0.25, -0.2) is 8.42 Å². The minimum atomic E-state index is -3.42. The quantitative estimate of drug-likeness (QED) is 0.727. The third kappa shape index (κ3) is 3.42. The van der Waals surface area contributed by atoms with E-state index in [1.807, 2.05) is 6.92 Å². The molecule has 0 spiro atoms. The summed E-state index contributed by atoms with van der Waals surface area (Å²) in [6.45, 7) is 4.03. The van der Waals surface area contributed by atoms with Crippen LogP contribution < -0.4 is 10.2 Å². The number of amides is 1. The van der Waals surface area contributed by atoms with E-state index in [0.717, 1.165) is 4.90 Å². The largest absolute Gasteiger partial charge is 0.354 e. The molecule has 1 aliphatic heterocycles. The van der Waals surface area contributed by atoms with Crippen molar-refractivity contribution in [3.63, 3.8) is 0 Å². The molecule has 0 aromatic heterocycles. The Balaban J connectivity index is 2.03. The maximum atomic E-state index is 12.5. The topological polar surface area (TPSA) is 70.9 Å². The number of hydrogen-bond donors (Lipinski definition) is 2. The third-order valence-electron chi connectivity index (χ3n) is 4.00. The zero-order valence-electron chi connectivity index (χ0n) is 12.4. The number of likely N-dealkylation sites (N-methyl/N-ethyl adjacent to an activating group) is 1. The number of carbonyl (C=O) groups is 1. The molecule has 0 radical (unpaired) electrons. The van der Waals surface area contributed by atoms with Gasteiger partial charge in [-0.05, 0) is 19.1 Å². The number of hydrogen-bond acceptors (Lipinski definition) is 3. The van der Waals surface area contributed by atoms with Crippen LogP contribution in [-0.2, 0) is 14.8 Å². The molecule has 1 saturated heterocycles. The molecule has 2 rings (SSSR count). The number of benzene rings is 1. The summed E-state index contributed by atoms with van der Waals surface area (Å²) in [5, 5.41) is 2.64. The van der Waals surface area contributed by atoms with Crippen molar-refractivity contribution in [2.45, 2.75) is 17.9 Å². The lowest BCUT2D eigenvalue weighted by molar-refractivity contribution is -0.917.